The van der Waals surface area contributed by atoms with Crippen LogP contribution in [0.3, 0.4) is 0 Å². The quantitative estimate of drug-likeness (QED) is 0.675. The van der Waals surface area contributed by atoms with Gasteiger partial charge in [0.2, 0.25) is 0 Å². The van der Waals surface area contributed by atoms with Crippen LogP contribution in [0.1, 0.15) is 22.7 Å². The lowest BCUT2D eigenvalue weighted by atomic mass is 9.96. The van der Waals surface area contributed by atoms with Crippen molar-refractivity contribution in [2.45, 2.75) is 12.5 Å². The van der Waals surface area contributed by atoms with Crippen LogP contribution in [0.25, 0.3) is 0 Å². The van der Waals surface area contributed by atoms with E-state index < -0.39 is 5.82 Å². The van der Waals surface area contributed by atoms with Crippen molar-refractivity contribution >= 4 is 11.6 Å². The average Bonchev–Trinajstić information content (AvgIpc) is 2.93. The summed E-state index contributed by atoms with van der Waals surface area (Å²) in [6.07, 6.45) is 0.884. The lowest BCUT2D eigenvalue weighted by Crippen LogP contribution is -2.29. The zero-order chi connectivity index (χ0) is 14.1. The maximum Gasteiger partial charge on any atom is 0.142 e. The molecule has 2 aromatic carbocycles. The molecule has 3 nitrogen and oxygen atoms in total. The topological polar surface area (TPSA) is 47.3 Å². The number of hydrogen-bond donors (Lipinski definition) is 2. The molecule has 1 aliphatic heterocycles. The number of fused-ring (bicyclic) bond motifs is 1. The predicted molar refractivity (Wildman–Crippen MR) is 76.2 cm³/mol. The van der Waals surface area contributed by atoms with Crippen molar-refractivity contribution in [1.82, 2.24) is 5.43 Å². The standard InChI is InChI=1S/C15H14ClFN2O/c16-12-5-4-10(8-13(12)17)14(19-18)11-3-1-2-9-6-7-20-15(9)11/h1-5,8,14,19H,6-7,18H2. The van der Waals surface area contributed by atoms with E-state index in [9.17, 15) is 4.39 Å². The van der Waals surface area contributed by atoms with Crippen LogP contribution in [0.2, 0.25) is 5.02 Å². The van der Waals surface area contributed by atoms with Crippen molar-refractivity contribution in [3.05, 3.63) is 63.9 Å². The number of nitrogens with one attached hydrogen (secondary N) is 1. The molecule has 0 aliphatic carbocycles. The maximum absolute atomic E-state index is 13.6. The van der Waals surface area contributed by atoms with Gasteiger partial charge in [0.1, 0.15) is 11.6 Å². The van der Waals surface area contributed by atoms with Gasteiger partial charge in [-0.25, -0.2) is 9.82 Å². The van der Waals surface area contributed by atoms with Crippen molar-refractivity contribution in [3.8, 4) is 5.75 Å². The third kappa shape index (κ3) is 2.26. The largest absolute Gasteiger partial charge is 0.493 e. The Morgan fingerprint density at radius 3 is 2.90 bits per heavy atom. The van der Waals surface area contributed by atoms with Gasteiger partial charge in [0.15, 0.2) is 0 Å². The highest BCUT2D eigenvalue weighted by Gasteiger charge is 2.23. The molecule has 0 saturated carbocycles. The normalized spacial score (nSPS) is 14.8. The van der Waals surface area contributed by atoms with Crippen molar-refractivity contribution in [1.29, 1.82) is 0 Å². The predicted octanol–water partition coefficient (Wildman–Crippen LogP) is 2.97. The molecule has 0 radical (unpaired) electrons. The van der Waals surface area contributed by atoms with Gasteiger partial charge in [-0.15, -0.1) is 0 Å². The molecule has 3 rings (SSSR count). The number of nitrogens with two attached hydrogens (primary N) is 1. The molecule has 20 heavy (non-hydrogen) atoms. The van der Waals surface area contributed by atoms with Gasteiger partial charge >= 0.3 is 0 Å². The van der Waals surface area contributed by atoms with Crippen molar-refractivity contribution in [2.75, 3.05) is 6.61 Å². The van der Waals surface area contributed by atoms with E-state index in [1.165, 1.54) is 12.1 Å². The van der Waals surface area contributed by atoms with Crippen LogP contribution in [-0.2, 0) is 6.42 Å². The van der Waals surface area contributed by atoms with E-state index in [2.05, 4.69) is 5.43 Å². The second-order valence-electron chi connectivity index (χ2n) is 4.71. The Bertz CT molecular complexity index is 648. The Morgan fingerprint density at radius 2 is 2.15 bits per heavy atom. The molecule has 0 aromatic heterocycles. The van der Waals surface area contributed by atoms with Crippen LogP contribution < -0.4 is 16.0 Å². The van der Waals surface area contributed by atoms with Gasteiger partial charge in [0, 0.05) is 12.0 Å². The first-order chi connectivity index (χ1) is 9.70. The van der Waals surface area contributed by atoms with Crippen LogP contribution >= 0.6 is 11.6 Å². The van der Waals surface area contributed by atoms with Crippen LogP contribution in [0.4, 0.5) is 4.39 Å². The molecule has 1 unspecified atom stereocenters. The molecular formula is C15H14ClFN2O. The van der Waals surface area contributed by atoms with Gasteiger partial charge in [-0.3, -0.25) is 5.84 Å². The summed E-state index contributed by atoms with van der Waals surface area (Å²) in [7, 11) is 0. The number of para-hydroxylation sites is 1. The number of rotatable bonds is 3. The van der Waals surface area contributed by atoms with E-state index >= 15 is 0 Å². The molecule has 1 heterocycles. The van der Waals surface area contributed by atoms with Gasteiger partial charge in [-0.1, -0.05) is 35.9 Å². The first kappa shape index (κ1) is 13.4. The molecule has 1 aliphatic rings. The van der Waals surface area contributed by atoms with E-state index in [0.29, 0.717) is 12.2 Å². The molecule has 0 fully saturated rings. The summed E-state index contributed by atoms with van der Waals surface area (Å²) in [6, 6.07) is 10.3. The minimum Gasteiger partial charge on any atom is -0.493 e. The van der Waals surface area contributed by atoms with E-state index in [4.69, 9.17) is 22.2 Å². The van der Waals surface area contributed by atoms with Gasteiger partial charge in [0.25, 0.3) is 0 Å². The summed E-state index contributed by atoms with van der Waals surface area (Å²) in [5.74, 6) is 6.04. The SMILES string of the molecule is NNC(c1ccc(Cl)c(F)c1)c1cccc2c1OCC2. The fourth-order valence-electron chi connectivity index (χ4n) is 2.53. The molecular weight excluding hydrogens is 279 g/mol. The Hall–Kier alpha value is -1.62. The van der Waals surface area contributed by atoms with Crippen LogP contribution in [0.15, 0.2) is 36.4 Å². The molecule has 3 N–H and O–H groups in total. The van der Waals surface area contributed by atoms with Gasteiger partial charge in [-0.2, -0.15) is 0 Å². The Balaban J connectivity index is 2.06. The highest BCUT2D eigenvalue weighted by molar-refractivity contribution is 6.30. The monoisotopic (exact) mass is 292 g/mol. The lowest BCUT2D eigenvalue weighted by molar-refractivity contribution is 0.350. The summed E-state index contributed by atoms with van der Waals surface area (Å²) >= 11 is 5.72. The molecule has 2 aromatic rings. The summed E-state index contributed by atoms with van der Waals surface area (Å²) in [5, 5.41) is 0.0964. The average molecular weight is 293 g/mol. The first-order valence-electron chi connectivity index (χ1n) is 6.36. The third-order valence-corrected chi connectivity index (χ3v) is 3.81. The summed E-state index contributed by atoms with van der Waals surface area (Å²) < 4.78 is 19.3. The number of halogens is 2. The second kappa shape index (κ2) is 5.40. The second-order valence-corrected chi connectivity index (χ2v) is 5.11. The smallest absolute Gasteiger partial charge is 0.142 e. The summed E-state index contributed by atoms with van der Waals surface area (Å²) in [6.45, 7) is 0.665. The van der Waals surface area contributed by atoms with Gasteiger partial charge < -0.3 is 4.74 Å². The minimum absolute atomic E-state index is 0.0964. The maximum atomic E-state index is 13.6. The third-order valence-electron chi connectivity index (χ3n) is 3.50. The van der Waals surface area contributed by atoms with E-state index in [0.717, 1.165) is 23.3 Å². The Kier molecular flexibility index (Phi) is 3.61. The zero-order valence-electron chi connectivity index (χ0n) is 10.7. The van der Waals surface area contributed by atoms with Crippen molar-refractivity contribution < 1.29 is 9.13 Å². The molecule has 1 atom stereocenters. The van der Waals surface area contributed by atoms with Gasteiger partial charge in [0.05, 0.1) is 17.7 Å². The molecule has 0 bridgehead atoms. The van der Waals surface area contributed by atoms with E-state index in [-0.39, 0.29) is 11.1 Å². The summed E-state index contributed by atoms with van der Waals surface area (Å²) in [4.78, 5) is 0. The van der Waals surface area contributed by atoms with Crippen molar-refractivity contribution in [3.63, 3.8) is 0 Å². The number of ether oxygens (including phenoxy) is 1. The lowest BCUT2D eigenvalue weighted by Gasteiger charge is -2.19. The van der Waals surface area contributed by atoms with E-state index in [1.54, 1.807) is 6.07 Å². The number of hydrazine groups is 1. The van der Waals surface area contributed by atoms with Crippen LogP contribution in [0.5, 0.6) is 5.75 Å². The fourth-order valence-corrected chi connectivity index (χ4v) is 2.64. The number of benzene rings is 2. The van der Waals surface area contributed by atoms with E-state index in [1.807, 2.05) is 18.2 Å². The number of hydrogen-bond acceptors (Lipinski definition) is 3. The molecule has 104 valence electrons. The zero-order valence-corrected chi connectivity index (χ0v) is 11.5. The fraction of sp³-hybridized carbons (Fsp3) is 0.200. The molecule has 0 amide bonds. The van der Waals surface area contributed by atoms with Crippen LogP contribution in [0, 0.1) is 5.82 Å². The Morgan fingerprint density at radius 1 is 1.30 bits per heavy atom. The summed E-state index contributed by atoms with van der Waals surface area (Å²) in [5.41, 5.74) is 5.48. The highest BCUT2D eigenvalue weighted by atomic mass is 35.5. The molecule has 0 spiro atoms. The van der Waals surface area contributed by atoms with Crippen LogP contribution in [-0.4, -0.2) is 6.61 Å². The van der Waals surface area contributed by atoms with Gasteiger partial charge in [-0.05, 0) is 23.3 Å². The first-order valence-corrected chi connectivity index (χ1v) is 6.74. The molecule has 5 heteroatoms. The minimum atomic E-state index is -0.460. The Labute approximate surface area is 121 Å². The highest BCUT2D eigenvalue weighted by Crippen LogP contribution is 2.36. The van der Waals surface area contributed by atoms with Crippen molar-refractivity contribution in [2.24, 2.45) is 5.84 Å². The molecule has 0 saturated heterocycles.